The van der Waals surface area contributed by atoms with E-state index in [1.165, 1.54) is 0 Å². The fraction of sp³-hybridized carbons (Fsp3) is 0.632. The molecular formula is C19H26N2O6S. The van der Waals surface area contributed by atoms with Crippen molar-refractivity contribution in [2.45, 2.75) is 72.0 Å². The fourth-order valence-electron chi connectivity index (χ4n) is 3.29. The van der Waals surface area contributed by atoms with Crippen LogP contribution in [0.1, 0.15) is 56.8 Å². The molecule has 0 bridgehead atoms. The van der Waals surface area contributed by atoms with E-state index in [1.54, 1.807) is 27.7 Å². The number of carbonyl (C=O) groups excluding carboxylic acids is 1. The molecule has 3 heterocycles. The summed E-state index contributed by atoms with van der Waals surface area (Å²) in [6.45, 7) is 12.9. The topological polar surface area (TPSA) is 103 Å². The number of fused-ring (bicyclic) bond motifs is 1. The summed E-state index contributed by atoms with van der Waals surface area (Å²) in [6.07, 6.45) is -0.929. The van der Waals surface area contributed by atoms with Gasteiger partial charge < -0.3 is 14.2 Å². The van der Waals surface area contributed by atoms with Gasteiger partial charge in [0.25, 0.3) is 5.56 Å². The first-order chi connectivity index (χ1) is 12.9. The molecule has 154 valence electrons. The number of esters is 1. The lowest BCUT2D eigenvalue weighted by Gasteiger charge is -2.25. The molecular weight excluding hydrogens is 384 g/mol. The number of rotatable bonds is 5. The zero-order valence-electron chi connectivity index (χ0n) is 17.2. The lowest BCUT2D eigenvalue weighted by Crippen LogP contribution is -2.50. The summed E-state index contributed by atoms with van der Waals surface area (Å²) in [5.74, 6) is -0.503. The molecule has 1 aliphatic rings. The van der Waals surface area contributed by atoms with Gasteiger partial charge in [0.15, 0.2) is 6.29 Å². The molecule has 1 N–H and O–H groups in total. The minimum atomic E-state index is -0.937. The number of aromatic amines is 1. The van der Waals surface area contributed by atoms with Gasteiger partial charge >= 0.3 is 11.7 Å². The minimum absolute atomic E-state index is 0.231. The molecule has 2 aromatic rings. The van der Waals surface area contributed by atoms with Crippen molar-refractivity contribution < 1.29 is 19.0 Å². The van der Waals surface area contributed by atoms with E-state index in [4.69, 9.17) is 14.2 Å². The van der Waals surface area contributed by atoms with Crippen molar-refractivity contribution in [3.63, 3.8) is 0 Å². The van der Waals surface area contributed by atoms with E-state index in [-0.39, 0.29) is 6.61 Å². The first kappa shape index (κ1) is 20.8. The number of hydrogen-bond acceptors (Lipinski definition) is 7. The normalized spacial score (nSPS) is 19.8. The number of aryl methyl sites for hydroxylation is 1. The number of nitrogens with one attached hydrogen (secondary N) is 1. The molecule has 1 aliphatic heterocycles. The third kappa shape index (κ3) is 3.54. The van der Waals surface area contributed by atoms with E-state index >= 15 is 0 Å². The second-order valence-corrected chi connectivity index (χ2v) is 9.38. The van der Waals surface area contributed by atoms with Crippen molar-refractivity contribution >= 4 is 27.5 Å². The number of ether oxygens (including phenoxy) is 3. The Kier molecular flexibility index (Phi) is 5.06. The molecule has 0 spiro atoms. The highest BCUT2D eigenvalue weighted by Gasteiger charge is 2.54. The summed E-state index contributed by atoms with van der Waals surface area (Å²) in [5, 5.41) is 0.315. The number of hydrogen-bond donors (Lipinski definition) is 1. The number of thiophene rings is 1. The van der Waals surface area contributed by atoms with Crippen molar-refractivity contribution in [3.05, 3.63) is 31.3 Å². The zero-order valence-corrected chi connectivity index (χ0v) is 18.0. The Morgan fingerprint density at radius 2 is 1.89 bits per heavy atom. The Bertz CT molecular complexity index is 1040. The summed E-state index contributed by atoms with van der Waals surface area (Å²) in [6, 6.07) is 0. The van der Waals surface area contributed by atoms with Crippen molar-refractivity contribution in [2.24, 2.45) is 0 Å². The summed E-state index contributed by atoms with van der Waals surface area (Å²) in [5.41, 5.74) is -1.85. The minimum Gasteiger partial charge on any atom is -0.462 e. The number of H-pyrrole nitrogens is 1. The average Bonchev–Trinajstić information content (AvgIpc) is 3.21. The smallest absolute Gasteiger partial charge is 0.348 e. The van der Waals surface area contributed by atoms with Crippen LogP contribution in [0.3, 0.4) is 0 Å². The molecule has 0 aliphatic carbocycles. The maximum atomic E-state index is 13.2. The molecule has 2 aromatic heterocycles. The largest absolute Gasteiger partial charge is 0.462 e. The van der Waals surface area contributed by atoms with Crippen LogP contribution in [0.15, 0.2) is 9.59 Å². The SMILES string of the molecule is CCOC(=O)c1sc2[nH]c(=O)n(C(C)(C)C3OC3OC(C)(C)C)c(=O)c2c1C. The quantitative estimate of drug-likeness (QED) is 0.600. The lowest BCUT2D eigenvalue weighted by molar-refractivity contribution is -0.0573. The van der Waals surface area contributed by atoms with Crippen molar-refractivity contribution in [1.29, 1.82) is 0 Å². The van der Waals surface area contributed by atoms with Crippen LogP contribution in [0.2, 0.25) is 0 Å². The van der Waals surface area contributed by atoms with Crippen LogP contribution in [0, 0.1) is 6.92 Å². The molecule has 2 unspecified atom stereocenters. The first-order valence-corrected chi connectivity index (χ1v) is 9.99. The van der Waals surface area contributed by atoms with Crippen LogP contribution in [0.25, 0.3) is 10.2 Å². The third-order valence-electron chi connectivity index (χ3n) is 4.64. The Morgan fingerprint density at radius 3 is 2.46 bits per heavy atom. The monoisotopic (exact) mass is 410 g/mol. The number of aromatic nitrogens is 2. The Labute approximate surface area is 166 Å². The van der Waals surface area contributed by atoms with Gasteiger partial charge in [-0.25, -0.2) is 9.59 Å². The van der Waals surface area contributed by atoms with Gasteiger partial charge in [0.05, 0.1) is 23.1 Å². The van der Waals surface area contributed by atoms with Crippen molar-refractivity contribution in [1.82, 2.24) is 9.55 Å². The molecule has 0 radical (unpaired) electrons. The van der Waals surface area contributed by atoms with E-state index in [2.05, 4.69) is 4.98 Å². The van der Waals surface area contributed by atoms with Crippen molar-refractivity contribution in [2.75, 3.05) is 6.61 Å². The molecule has 0 aromatic carbocycles. The molecule has 3 rings (SSSR count). The van der Waals surface area contributed by atoms with Gasteiger partial charge in [0.1, 0.15) is 15.8 Å². The van der Waals surface area contributed by atoms with Gasteiger partial charge in [-0.15, -0.1) is 11.3 Å². The van der Waals surface area contributed by atoms with Gasteiger partial charge in [0.2, 0.25) is 0 Å². The van der Waals surface area contributed by atoms with Crippen LogP contribution in [-0.2, 0) is 19.7 Å². The van der Waals surface area contributed by atoms with E-state index in [9.17, 15) is 14.4 Å². The summed E-state index contributed by atoms with van der Waals surface area (Å²) in [7, 11) is 0. The zero-order chi connectivity index (χ0) is 21.0. The van der Waals surface area contributed by atoms with Crippen LogP contribution < -0.4 is 11.2 Å². The van der Waals surface area contributed by atoms with Gasteiger partial charge in [-0.05, 0) is 54.0 Å². The molecule has 2 atom stereocenters. The van der Waals surface area contributed by atoms with Crippen molar-refractivity contribution in [3.8, 4) is 0 Å². The molecule has 28 heavy (non-hydrogen) atoms. The third-order valence-corrected chi connectivity index (χ3v) is 5.83. The summed E-state index contributed by atoms with van der Waals surface area (Å²) in [4.78, 5) is 41.5. The van der Waals surface area contributed by atoms with Gasteiger partial charge in [-0.2, -0.15) is 0 Å². The van der Waals surface area contributed by atoms with E-state index in [0.29, 0.717) is 20.7 Å². The standard InChI is InChI=1S/C19H26N2O6S/c1-8-25-15(23)11-9(2)10-13(28-11)20-17(24)21(14(10)22)19(6,7)12-16(26-12)27-18(3,4)5/h12,16H,8H2,1-7H3,(H,20,24). The maximum Gasteiger partial charge on any atom is 0.348 e. The molecule has 8 nitrogen and oxygen atoms in total. The fourth-order valence-corrected chi connectivity index (χ4v) is 4.38. The predicted octanol–water partition coefficient (Wildman–Crippen LogP) is 2.51. The Morgan fingerprint density at radius 1 is 1.25 bits per heavy atom. The molecule has 0 amide bonds. The highest BCUT2D eigenvalue weighted by Crippen LogP contribution is 2.39. The Balaban J connectivity index is 2.08. The molecule has 1 fully saturated rings. The van der Waals surface area contributed by atoms with E-state index in [0.717, 1.165) is 15.9 Å². The second kappa shape index (κ2) is 6.82. The first-order valence-electron chi connectivity index (χ1n) is 9.17. The predicted molar refractivity (Wildman–Crippen MR) is 106 cm³/mol. The molecule has 0 saturated carbocycles. The van der Waals surface area contributed by atoms with Crippen LogP contribution in [-0.4, -0.2) is 40.1 Å². The number of carbonyl (C=O) groups is 1. The highest BCUT2D eigenvalue weighted by molar-refractivity contribution is 7.20. The maximum absolute atomic E-state index is 13.2. The summed E-state index contributed by atoms with van der Waals surface area (Å²) < 4.78 is 17.6. The molecule has 1 saturated heterocycles. The number of epoxide rings is 1. The van der Waals surface area contributed by atoms with Gasteiger partial charge in [-0.1, -0.05) is 0 Å². The second-order valence-electron chi connectivity index (χ2n) is 8.36. The summed E-state index contributed by atoms with van der Waals surface area (Å²) >= 11 is 1.05. The average molecular weight is 410 g/mol. The van der Waals surface area contributed by atoms with Crippen LogP contribution in [0.4, 0.5) is 0 Å². The Hall–Kier alpha value is -1.97. The highest BCUT2D eigenvalue weighted by atomic mass is 32.1. The molecule has 9 heteroatoms. The lowest BCUT2D eigenvalue weighted by atomic mass is 9.99. The van der Waals surface area contributed by atoms with E-state index in [1.807, 2.05) is 20.8 Å². The van der Waals surface area contributed by atoms with Gasteiger partial charge in [-0.3, -0.25) is 14.3 Å². The van der Waals surface area contributed by atoms with E-state index < -0.39 is 40.8 Å². The van der Waals surface area contributed by atoms with Crippen LogP contribution in [0.5, 0.6) is 0 Å². The van der Waals surface area contributed by atoms with Gasteiger partial charge in [0, 0.05) is 0 Å². The van der Waals surface area contributed by atoms with Crippen LogP contribution >= 0.6 is 11.3 Å². The number of nitrogens with zero attached hydrogens (tertiary/aromatic N) is 1.